The van der Waals surface area contributed by atoms with Gasteiger partial charge in [0.15, 0.2) is 10.1 Å². The van der Waals surface area contributed by atoms with Gasteiger partial charge in [-0.2, -0.15) is 10.5 Å². The second-order valence-corrected chi connectivity index (χ2v) is 6.70. The van der Waals surface area contributed by atoms with Crippen LogP contribution in [-0.4, -0.2) is 42.8 Å². The summed E-state index contributed by atoms with van der Waals surface area (Å²) >= 11 is 0. The smallest absolute Gasteiger partial charge is 0.258 e. The van der Waals surface area contributed by atoms with Gasteiger partial charge in [0.2, 0.25) is 0 Å². The highest BCUT2D eigenvalue weighted by Crippen LogP contribution is 2.41. The number of nitro benzene ring substituents is 4. The van der Waals surface area contributed by atoms with Crippen molar-refractivity contribution < 1.29 is 29.8 Å². The summed E-state index contributed by atoms with van der Waals surface area (Å²) in [4.78, 5) is 64.3. The molecule has 0 fully saturated rings. The van der Waals surface area contributed by atoms with Crippen molar-refractivity contribution in [1.29, 1.82) is 10.5 Å². The van der Waals surface area contributed by atoms with Crippen molar-refractivity contribution in [3.05, 3.63) is 96.1 Å². The summed E-state index contributed by atoms with van der Waals surface area (Å²) in [6.07, 6.45) is 0. The minimum atomic E-state index is -1.42. The van der Waals surface area contributed by atoms with Crippen LogP contribution in [0.4, 0.5) is 34.1 Å². The maximum Gasteiger partial charge on any atom is 0.307 e. The highest BCUT2D eigenvalue weighted by molar-refractivity contribution is 5.77. The Bertz CT molecular complexity index is 1310. The molecule has 194 valence electrons. The molecule has 0 unspecified atom stereocenters. The fourth-order valence-electron chi connectivity index (χ4n) is 3.16. The molecule has 0 N–H and O–H groups in total. The molecular weight excluding hydrogens is 524 g/mol. The minimum Gasteiger partial charge on any atom is -0.258 e. The van der Waals surface area contributed by atoms with Crippen LogP contribution in [0.1, 0.15) is 11.1 Å². The molecule has 2 aromatic rings. The van der Waals surface area contributed by atoms with E-state index in [9.17, 15) is 60.7 Å². The molecule has 0 aliphatic carbocycles. The molecule has 0 spiro atoms. The van der Waals surface area contributed by atoms with Gasteiger partial charge in [-0.3, -0.25) is 40.5 Å². The average Bonchev–Trinajstić information content (AvgIpc) is 2.84. The first kappa shape index (κ1) is 27.7. The standard InChI is InChI=1S/C16H8N10O12/c17-7-9-3-11(21(27)28)15(12(4-9)22(29)30)19(25(35)36)1-2-20(26(37)38)16-13(23(31)32)5-10(8-18)6-14(16)24(33)34/h3-6H,1-2H2. The first-order chi connectivity index (χ1) is 17.7. The van der Waals surface area contributed by atoms with Crippen LogP contribution < -0.4 is 10.0 Å². The molecule has 0 aromatic heterocycles. The average molecular weight is 532 g/mol. The van der Waals surface area contributed by atoms with Crippen molar-refractivity contribution in [2.75, 3.05) is 23.1 Å². The predicted molar refractivity (Wildman–Crippen MR) is 118 cm³/mol. The van der Waals surface area contributed by atoms with Gasteiger partial charge in [-0.25, -0.2) is 20.2 Å². The van der Waals surface area contributed by atoms with Gasteiger partial charge >= 0.3 is 22.7 Å². The fraction of sp³-hybridized carbons (Fsp3) is 0.125. The lowest BCUT2D eigenvalue weighted by Crippen LogP contribution is -2.42. The number of benzene rings is 2. The van der Waals surface area contributed by atoms with E-state index in [4.69, 9.17) is 10.5 Å². The summed E-state index contributed by atoms with van der Waals surface area (Å²) < 4.78 is 0. The van der Waals surface area contributed by atoms with E-state index < -0.39 is 88.1 Å². The lowest BCUT2D eigenvalue weighted by Gasteiger charge is -2.18. The van der Waals surface area contributed by atoms with Crippen LogP contribution in [0.3, 0.4) is 0 Å². The number of rotatable bonds is 11. The molecule has 22 heteroatoms. The SMILES string of the molecule is N#Cc1cc([N+](=O)[O-])c(N(CCN(c2c([N+](=O)[O-])cc(C#N)cc2[N+](=O)[O-])[N+](=O)[O-])[N+](=O)[O-])c([N+](=O)[O-])c1. The molecule has 38 heavy (non-hydrogen) atoms. The number of nitrogens with zero attached hydrogens (tertiary/aromatic N) is 10. The van der Waals surface area contributed by atoms with Gasteiger partial charge in [0.25, 0.3) is 11.4 Å². The summed E-state index contributed by atoms with van der Waals surface area (Å²) in [7, 11) is 0. The first-order valence-electron chi connectivity index (χ1n) is 9.32. The minimum absolute atomic E-state index is 0.255. The first-order valence-corrected chi connectivity index (χ1v) is 9.32. The molecule has 2 rings (SSSR count). The normalized spacial score (nSPS) is 9.95. The molecule has 0 atom stereocenters. The summed E-state index contributed by atoms with van der Waals surface area (Å²) in [6.45, 7) is -2.65. The van der Waals surface area contributed by atoms with E-state index >= 15 is 0 Å². The molecule has 0 saturated heterocycles. The Morgan fingerprint density at radius 2 is 0.789 bits per heavy atom. The number of hydrogen-bond donors (Lipinski definition) is 0. The summed E-state index contributed by atoms with van der Waals surface area (Å²) in [5, 5.41) is 84.0. The van der Waals surface area contributed by atoms with Crippen molar-refractivity contribution in [3.63, 3.8) is 0 Å². The second-order valence-electron chi connectivity index (χ2n) is 6.70. The highest BCUT2D eigenvalue weighted by atomic mass is 16.7. The Hall–Kier alpha value is -6.58. The number of nitro groups is 6. The van der Waals surface area contributed by atoms with Crippen LogP contribution in [0.15, 0.2) is 24.3 Å². The lowest BCUT2D eigenvalue weighted by atomic mass is 10.1. The van der Waals surface area contributed by atoms with E-state index in [0.717, 1.165) is 0 Å². The van der Waals surface area contributed by atoms with Gasteiger partial charge in [0.05, 0.1) is 43.0 Å². The van der Waals surface area contributed by atoms with Gasteiger partial charge in [-0.15, -0.1) is 0 Å². The molecule has 22 nitrogen and oxygen atoms in total. The zero-order valence-electron chi connectivity index (χ0n) is 18.1. The fourth-order valence-corrected chi connectivity index (χ4v) is 3.16. The van der Waals surface area contributed by atoms with Crippen molar-refractivity contribution in [2.24, 2.45) is 0 Å². The van der Waals surface area contributed by atoms with Crippen LogP contribution in [0.5, 0.6) is 0 Å². The zero-order chi connectivity index (χ0) is 28.9. The van der Waals surface area contributed by atoms with Gasteiger partial charge in [-0.1, -0.05) is 10.0 Å². The van der Waals surface area contributed by atoms with E-state index in [2.05, 4.69) is 0 Å². The predicted octanol–water partition coefficient (Wildman–Crippen LogP) is 1.76. The third-order valence-electron chi connectivity index (χ3n) is 4.62. The van der Waals surface area contributed by atoms with Crippen molar-refractivity contribution >= 4 is 34.1 Å². The zero-order valence-corrected chi connectivity index (χ0v) is 18.1. The Balaban J connectivity index is 2.75. The number of hydrazine groups is 2. The van der Waals surface area contributed by atoms with E-state index in [0.29, 0.717) is 24.3 Å². The summed E-state index contributed by atoms with van der Waals surface area (Å²) in [5.41, 5.74) is -9.01. The van der Waals surface area contributed by atoms with Crippen LogP contribution in [0.25, 0.3) is 0 Å². The van der Waals surface area contributed by atoms with Crippen LogP contribution in [-0.2, 0) is 0 Å². The molecule has 0 aliphatic heterocycles. The molecule has 0 amide bonds. The topological polar surface area (TPSA) is 313 Å². The van der Waals surface area contributed by atoms with Gasteiger partial charge < -0.3 is 0 Å². The largest absolute Gasteiger partial charge is 0.307 e. The molecule has 0 radical (unpaired) electrons. The van der Waals surface area contributed by atoms with E-state index in [1.54, 1.807) is 0 Å². The quantitative estimate of drug-likeness (QED) is 0.294. The second kappa shape index (κ2) is 10.8. The number of hydrogen-bond acceptors (Lipinski definition) is 14. The summed E-state index contributed by atoms with van der Waals surface area (Å²) in [6, 6.07) is 4.68. The van der Waals surface area contributed by atoms with Crippen molar-refractivity contribution in [3.8, 4) is 12.1 Å². The van der Waals surface area contributed by atoms with Gasteiger partial charge in [0, 0.05) is 24.3 Å². The molecular formula is C16H8N10O12. The number of nitriles is 2. The molecule has 0 bridgehead atoms. The van der Waals surface area contributed by atoms with Crippen LogP contribution >= 0.6 is 0 Å². The maximum absolute atomic E-state index is 11.7. The molecule has 0 aliphatic rings. The van der Waals surface area contributed by atoms with Crippen molar-refractivity contribution in [1.82, 2.24) is 0 Å². The molecule has 0 heterocycles. The third-order valence-corrected chi connectivity index (χ3v) is 4.62. The monoisotopic (exact) mass is 532 g/mol. The highest BCUT2D eigenvalue weighted by Gasteiger charge is 2.41. The van der Waals surface area contributed by atoms with Crippen LogP contribution in [0, 0.1) is 83.3 Å². The van der Waals surface area contributed by atoms with Crippen LogP contribution in [0.2, 0.25) is 0 Å². The van der Waals surface area contributed by atoms with Crippen molar-refractivity contribution in [2.45, 2.75) is 0 Å². The lowest BCUT2D eigenvalue weighted by molar-refractivity contribution is -0.508. The van der Waals surface area contributed by atoms with Gasteiger partial charge in [-0.05, 0) is 0 Å². The Morgan fingerprint density at radius 1 is 0.553 bits per heavy atom. The molecule has 0 saturated carbocycles. The van der Waals surface area contributed by atoms with Gasteiger partial charge in [0.1, 0.15) is 13.1 Å². The molecule has 2 aromatic carbocycles. The summed E-state index contributed by atoms with van der Waals surface area (Å²) in [5.74, 6) is 0. The Kier molecular flexibility index (Phi) is 7.85. The van der Waals surface area contributed by atoms with E-state index in [-0.39, 0.29) is 10.0 Å². The van der Waals surface area contributed by atoms with E-state index in [1.807, 2.05) is 0 Å². The Morgan fingerprint density at radius 3 is 0.947 bits per heavy atom. The van der Waals surface area contributed by atoms with E-state index in [1.165, 1.54) is 12.1 Å². The maximum atomic E-state index is 11.7. The third kappa shape index (κ3) is 5.39. The number of anilines is 2. The Labute approximate surface area is 206 Å².